The molecule has 1 aromatic rings. The summed E-state index contributed by atoms with van der Waals surface area (Å²) < 4.78 is 14.8. The number of hydrogen-bond donors (Lipinski definition) is 1. The summed E-state index contributed by atoms with van der Waals surface area (Å²) >= 11 is 0. The maximum atomic E-state index is 14.8. The first kappa shape index (κ1) is 15.2. The van der Waals surface area contributed by atoms with E-state index in [9.17, 15) is 9.18 Å². The minimum atomic E-state index is -0.938. The highest BCUT2D eigenvalue weighted by Crippen LogP contribution is 2.57. The van der Waals surface area contributed by atoms with Gasteiger partial charge in [-0.3, -0.25) is 4.79 Å². The van der Waals surface area contributed by atoms with Crippen LogP contribution in [0.25, 0.3) is 0 Å². The first-order valence-corrected chi connectivity index (χ1v) is 8.93. The molecule has 23 heavy (non-hydrogen) atoms. The minimum absolute atomic E-state index is 0.0779. The molecule has 0 saturated heterocycles. The molecule has 4 fully saturated rings. The molecule has 3 unspecified atom stereocenters. The number of carbonyl (C=O) groups excluding carboxylic acids is 1. The maximum absolute atomic E-state index is 14.8. The average Bonchev–Trinajstić information content (AvgIpc) is 2.50. The van der Waals surface area contributed by atoms with Crippen LogP contribution in [0.2, 0.25) is 0 Å². The molecule has 5 atom stereocenters. The molecule has 4 bridgehead atoms. The van der Waals surface area contributed by atoms with Crippen molar-refractivity contribution in [1.29, 1.82) is 0 Å². The van der Waals surface area contributed by atoms with Crippen molar-refractivity contribution in [3.63, 3.8) is 0 Å². The normalized spacial score (nSPS) is 38.6. The lowest BCUT2D eigenvalue weighted by Gasteiger charge is -2.57. The molecule has 2 nitrogen and oxygen atoms in total. The second-order valence-electron chi connectivity index (χ2n) is 8.61. The van der Waals surface area contributed by atoms with E-state index in [0.717, 1.165) is 24.8 Å². The fourth-order valence-corrected chi connectivity index (χ4v) is 5.48. The van der Waals surface area contributed by atoms with Crippen LogP contribution in [0.4, 0.5) is 4.39 Å². The van der Waals surface area contributed by atoms with E-state index >= 15 is 0 Å². The van der Waals surface area contributed by atoms with Gasteiger partial charge in [-0.25, -0.2) is 4.39 Å². The van der Waals surface area contributed by atoms with Gasteiger partial charge < -0.3 is 5.32 Å². The quantitative estimate of drug-likeness (QED) is 0.897. The van der Waals surface area contributed by atoms with Gasteiger partial charge in [-0.1, -0.05) is 30.3 Å². The maximum Gasteiger partial charge on any atom is 0.230 e. The lowest BCUT2D eigenvalue weighted by atomic mass is 9.53. The molecule has 5 rings (SSSR count). The van der Waals surface area contributed by atoms with Crippen molar-refractivity contribution in [3.8, 4) is 0 Å². The van der Waals surface area contributed by atoms with E-state index in [1.165, 1.54) is 0 Å². The molecule has 0 spiro atoms. The van der Waals surface area contributed by atoms with E-state index in [0.29, 0.717) is 30.6 Å². The van der Waals surface area contributed by atoms with Crippen LogP contribution in [0.3, 0.4) is 0 Å². The molecule has 4 aliphatic rings. The van der Waals surface area contributed by atoms with Gasteiger partial charge in [-0.2, -0.15) is 0 Å². The molecule has 1 aromatic carbocycles. The molecule has 3 heteroatoms. The van der Waals surface area contributed by atoms with Crippen LogP contribution in [0.1, 0.15) is 51.5 Å². The summed E-state index contributed by atoms with van der Waals surface area (Å²) in [6.45, 7) is 3.95. The van der Waals surface area contributed by atoms with Crippen LogP contribution >= 0.6 is 0 Å². The van der Waals surface area contributed by atoms with Crippen LogP contribution in [0.15, 0.2) is 30.3 Å². The van der Waals surface area contributed by atoms with Crippen LogP contribution in [-0.4, -0.2) is 17.6 Å². The Hall–Kier alpha value is -1.38. The molecule has 1 amide bonds. The molecule has 124 valence electrons. The summed E-state index contributed by atoms with van der Waals surface area (Å²) in [6.07, 6.45) is 4.25. The van der Waals surface area contributed by atoms with E-state index < -0.39 is 11.1 Å². The fraction of sp³-hybridized carbons (Fsp3) is 0.650. The van der Waals surface area contributed by atoms with E-state index in [1.807, 2.05) is 44.2 Å². The molecule has 0 aliphatic heterocycles. The number of rotatable bonds is 3. The predicted octanol–water partition coefficient (Wildman–Crippen LogP) is 4.00. The average molecular weight is 315 g/mol. The van der Waals surface area contributed by atoms with Crippen LogP contribution in [0, 0.1) is 17.8 Å². The number of hydrogen-bond acceptors (Lipinski definition) is 1. The lowest BCUT2D eigenvalue weighted by Crippen LogP contribution is -2.61. The highest BCUT2D eigenvalue weighted by atomic mass is 19.1. The fourth-order valence-electron chi connectivity index (χ4n) is 5.48. The largest absolute Gasteiger partial charge is 0.352 e. The Balaban J connectivity index is 1.51. The summed E-state index contributed by atoms with van der Waals surface area (Å²) in [5.41, 5.74) is -0.459. The van der Waals surface area contributed by atoms with Crippen molar-refractivity contribution in [2.75, 3.05) is 0 Å². The number of benzene rings is 1. The van der Waals surface area contributed by atoms with Gasteiger partial charge in [-0.05, 0) is 69.3 Å². The molecular weight excluding hydrogens is 289 g/mol. The number of carbonyl (C=O) groups is 1. The summed E-state index contributed by atoms with van der Waals surface area (Å²) in [5, 5.41) is 3.31. The first-order valence-electron chi connectivity index (χ1n) is 8.93. The van der Waals surface area contributed by atoms with Crippen molar-refractivity contribution in [1.82, 2.24) is 5.32 Å². The Kier molecular flexibility index (Phi) is 3.33. The minimum Gasteiger partial charge on any atom is -0.352 e. The van der Waals surface area contributed by atoms with Gasteiger partial charge in [0.1, 0.15) is 5.67 Å². The van der Waals surface area contributed by atoms with Gasteiger partial charge in [0.2, 0.25) is 5.91 Å². The van der Waals surface area contributed by atoms with Crippen LogP contribution < -0.4 is 5.32 Å². The van der Waals surface area contributed by atoms with Crippen molar-refractivity contribution in [3.05, 3.63) is 35.9 Å². The Morgan fingerprint density at radius 3 is 2.30 bits per heavy atom. The van der Waals surface area contributed by atoms with Crippen LogP contribution in [0.5, 0.6) is 0 Å². The summed E-state index contributed by atoms with van der Waals surface area (Å²) in [7, 11) is 0. The first-order chi connectivity index (χ1) is 10.9. The van der Waals surface area contributed by atoms with E-state index in [1.54, 1.807) is 0 Å². The summed E-state index contributed by atoms with van der Waals surface area (Å²) in [5.74, 6) is 1.30. The third-order valence-corrected chi connectivity index (χ3v) is 6.56. The molecule has 4 aliphatic carbocycles. The van der Waals surface area contributed by atoms with E-state index in [2.05, 4.69) is 5.32 Å². The standard InChI is InChI=1S/C20H26FNO/c1-19(2,16-6-4-3-5-7-16)18(23)22-17-14-8-13-9-15(17)12-20(21,10-13)11-14/h3-7,13-15,17H,8-12H2,1-2H3,(H,22,23)/t13?,14-,15+,17?,20?. The number of amides is 1. The van der Waals surface area contributed by atoms with Crippen molar-refractivity contribution < 1.29 is 9.18 Å². The van der Waals surface area contributed by atoms with Gasteiger partial charge in [0, 0.05) is 6.04 Å². The molecule has 1 N–H and O–H groups in total. The number of alkyl halides is 1. The van der Waals surface area contributed by atoms with Crippen LogP contribution in [-0.2, 0) is 10.2 Å². The molecule has 0 heterocycles. The monoisotopic (exact) mass is 315 g/mol. The van der Waals surface area contributed by atoms with Gasteiger partial charge in [0.25, 0.3) is 0 Å². The smallest absolute Gasteiger partial charge is 0.230 e. The second-order valence-corrected chi connectivity index (χ2v) is 8.61. The molecule has 4 saturated carbocycles. The molecule has 0 radical (unpaired) electrons. The Labute approximate surface area is 137 Å². The predicted molar refractivity (Wildman–Crippen MR) is 88.8 cm³/mol. The zero-order valence-electron chi connectivity index (χ0n) is 14.0. The third kappa shape index (κ3) is 2.49. The Morgan fingerprint density at radius 2 is 1.74 bits per heavy atom. The van der Waals surface area contributed by atoms with E-state index in [-0.39, 0.29) is 11.9 Å². The van der Waals surface area contributed by atoms with Gasteiger partial charge in [-0.15, -0.1) is 0 Å². The third-order valence-electron chi connectivity index (χ3n) is 6.56. The van der Waals surface area contributed by atoms with E-state index in [4.69, 9.17) is 0 Å². The summed E-state index contributed by atoms with van der Waals surface area (Å²) in [4.78, 5) is 12.9. The van der Waals surface area contributed by atoms with Gasteiger partial charge in [0.15, 0.2) is 0 Å². The second kappa shape index (κ2) is 5.06. The zero-order chi connectivity index (χ0) is 16.2. The summed E-state index contributed by atoms with van der Waals surface area (Å²) in [6, 6.07) is 10.1. The van der Waals surface area contributed by atoms with Crippen molar-refractivity contribution >= 4 is 5.91 Å². The van der Waals surface area contributed by atoms with Gasteiger partial charge in [0.05, 0.1) is 5.41 Å². The number of nitrogens with one attached hydrogen (secondary N) is 1. The Morgan fingerprint density at radius 1 is 1.13 bits per heavy atom. The topological polar surface area (TPSA) is 29.1 Å². The van der Waals surface area contributed by atoms with Gasteiger partial charge >= 0.3 is 0 Å². The van der Waals surface area contributed by atoms with Crippen molar-refractivity contribution in [2.24, 2.45) is 17.8 Å². The lowest BCUT2D eigenvalue weighted by molar-refractivity contribution is -0.134. The molecule has 0 aromatic heterocycles. The Bertz CT molecular complexity index is 595. The molecular formula is C20H26FNO. The highest BCUT2D eigenvalue weighted by Gasteiger charge is 2.56. The number of halogens is 1. The highest BCUT2D eigenvalue weighted by molar-refractivity contribution is 5.87. The SMILES string of the molecule is CC(C)(C(=O)NC1[C@@H]2CC3C[C@H]1CC(F)(C3)C2)c1ccccc1. The van der Waals surface area contributed by atoms with Crippen molar-refractivity contribution in [2.45, 2.75) is 63.1 Å². The zero-order valence-corrected chi connectivity index (χ0v) is 14.0.